The maximum absolute atomic E-state index is 11.4. The molecule has 0 unspecified atom stereocenters. The Labute approximate surface area is 101 Å². The van der Waals surface area contributed by atoms with E-state index in [-0.39, 0.29) is 5.75 Å². The van der Waals surface area contributed by atoms with E-state index in [2.05, 4.69) is 4.72 Å². The summed E-state index contributed by atoms with van der Waals surface area (Å²) in [6.45, 7) is 5.17. The predicted octanol–water partition coefficient (Wildman–Crippen LogP) is 1.96. The molecule has 1 aromatic rings. The van der Waals surface area contributed by atoms with Crippen molar-refractivity contribution in [2.75, 3.05) is 10.5 Å². The number of benzene rings is 1. The molecule has 0 aromatic heterocycles. The highest BCUT2D eigenvalue weighted by Gasteiger charge is 2.31. The van der Waals surface area contributed by atoms with Crippen LogP contribution >= 0.6 is 0 Å². The fourth-order valence-corrected chi connectivity index (χ4v) is 2.17. The van der Waals surface area contributed by atoms with Crippen LogP contribution in [-0.4, -0.2) is 20.0 Å². The van der Waals surface area contributed by atoms with Gasteiger partial charge in [0, 0.05) is 19.9 Å². The second-order valence-corrected chi connectivity index (χ2v) is 6.28. The molecular formula is C11H15NO4S. The summed E-state index contributed by atoms with van der Waals surface area (Å²) in [5.74, 6) is 0.498. The standard InChI is InChI=1S/C11H15NO4S/c1-4-17(13,14)12-8-5-6-9-10(7-8)16-11(2,3)15-9/h5-7,12H,4H2,1-3H3. The van der Waals surface area contributed by atoms with E-state index in [0.29, 0.717) is 17.2 Å². The van der Waals surface area contributed by atoms with Crippen molar-refractivity contribution in [1.82, 2.24) is 0 Å². The molecule has 0 spiro atoms. The van der Waals surface area contributed by atoms with E-state index in [1.54, 1.807) is 39.0 Å². The largest absolute Gasteiger partial charge is 0.449 e. The monoisotopic (exact) mass is 257 g/mol. The number of rotatable bonds is 3. The van der Waals surface area contributed by atoms with Crippen LogP contribution in [0.4, 0.5) is 5.69 Å². The van der Waals surface area contributed by atoms with Gasteiger partial charge in [0.1, 0.15) is 0 Å². The molecule has 1 aliphatic rings. The molecule has 1 heterocycles. The Balaban J connectivity index is 2.26. The van der Waals surface area contributed by atoms with Gasteiger partial charge in [0.2, 0.25) is 15.8 Å². The minimum absolute atomic E-state index is 0.0347. The van der Waals surface area contributed by atoms with Crippen LogP contribution < -0.4 is 14.2 Å². The molecule has 1 N–H and O–H groups in total. The van der Waals surface area contributed by atoms with Crippen LogP contribution in [0.25, 0.3) is 0 Å². The zero-order chi connectivity index (χ0) is 12.7. The van der Waals surface area contributed by atoms with Crippen LogP contribution in [0.2, 0.25) is 0 Å². The first-order chi connectivity index (χ1) is 7.81. The number of anilines is 1. The molecule has 0 fully saturated rings. The molecular weight excluding hydrogens is 242 g/mol. The number of sulfonamides is 1. The maximum atomic E-state index is 11.4. The smallest absolute Gasteiger partial charge is 0.246 e. The first-order valence-corrected chi connectivity index (χ1v) is 6.99. The first-order valence-electron chi connectivity index (χ1n) is 5.34. The van der Waals surface area contributed by atoms with Gasteiger partial charge in [-0.3, -0.25) is 4.72 Å². The van der Waals surface area contributed by atoms with Gasteiger partial charge >= 0.3 is 0 Å². The lowest BCUT2D eigenvalue weighted by atomic mass is 10.3. The Morgan fingerprint density at radius 1 is 1.24 bits per heavy atom. The third-order valence-electron chi connectivity index (χ3n) is 2.31. The summed E-state index contributed by atoms with van der Waals surface area (Å²) >= 11 is 0. The Hall–Kier alpha value is -1.43. The molecule has 0 aliphatic carbocycles. The van der Waals surface area contributed by atoms with Crippen molar-refractivity contribution in [3.63, 3.8) is 0 Å². The fraction of sp³-hybridized carbons (Fsp3) is 0.455. The Kier molecular flexibility index (Phi) is 2.69. The summed E-state index contributed by atoms with van der Waals surface area (Å²) in [6.07, 6.45) is 0. The average molecular weight is 257 g/mol. The molecule has 0 saturated heterocycles. The van der Waals surface area contributed by atoms with Gasteiger partial charge in [0.05, 0.1) is 11.4 Å². The van der Waals surface area contributed by atoms with Gasteiger partial charge in [0.15, 0.2) is 11.5 Å². The topological polar surface area (TPSA) is 64.6 Å². The summed E-state index contributed by atoms with van der Waals surface area (Å²) in [5.41, 5.74) is 0.479. The lowest BCUT2D eigenvalue weighted by molar-refractivity contribution is -0.0431. The van der Waals surface area contributed by atoms with Crippen LogP contribution in [0.1, 0.15) is 20.8 Å². The zero-order valence-electron chi connectivity index (χ0n) is 9.98. The molecule has 1 aliphatic heterocycles. The molecule has 5 nitrogen and oxygen atoms in total. The van der Waals surface area contributed by atoms with E-state index in [9.17, 15) is 8.42 Å². The number of nitrogens with one attached hydrogen (secondary N) is 1. The third kappa shape index (κ3) is 2.63. The minimum Gasteiger partial charge on any atom is -0.449 e. The normalized spacial score (nSPS) is 16.9. The lowest BCUT2D eigenvalue weighted by Crippen LogP contribution is -2.29. The van der Waals surface area contributed by atoms with Gasteiger partial charge < -0.3 is 9.47 Å². The Morgan fingerprint density at radius 3 is 2.53 bits per heavy atom. The molecule has 0 radical (unpaired) electrons. The number of fused-ring (bicyclic) bond motifs is 1. The highest BCUT2D eigenvalue weighted by molar-refractivity contribution is 7.92. The molecule has 94 valence electrons. The quantitative estimate of drug-likeness (QED) is 0.899. The molecule has 6 heteroatoms. The van der Waals surface area contributed by atoms with Crippen molar-refractivity contribution in [2.45, 2.75) is 26.6 Å². The molecule has 17 heavy (non-hydrogen) atoms. The molecule has 1 aromatic carbocycles. The van der Waals surface area contributed by atoms with Crippen molar-refractivity contribution in [2.24, 2.45) is 0 Å². The van der Waals surface area contributed by atoms with Crippen LogP contribution in [-0.2, 0) is 10.0 Å². The zero-order valence-corrected chi connectivity index (χ0v) is 10.8. The Morgan fingerprint density at radius 2 is 1.88 bits per heavy atom. The van der Waals surface area contributed by atoms with E-state index < -0.39 is 15.8 Å². The van der Waals surface area contributed by atoms with Gasteiger partial charge in [-0.25, -0.2) is 8.42 Å². The fourth-order valence-electron chi connectivity index (χ4n) is 1.54. The SMILES string of the molecule is CCS(=O)(=O)Nc1ccc2c(c1)OC(C)(C)O2. The van der Waals surface area contributed by atoms with Gasteiger partial charge in [-0.2, -0.15) is 0 Å². The molecule has 0 bridgehead atoms. The lowest BCUT2D eigenvalue weighted by Gasteiger charge is -2.16. The van der Waals surface area contributed by atoms with Gasteiger partial charge in [-0.1, -0.05) is 0 Å². The van der Waals surface area contributed by atoms with Gasteiger partial charge in [0.25, 0.3) is 0 Å². The second kappa shape index (κ2) is 3.80. The van der Waals surface area contributed by atoms with Crippen molar-refractivity contribution in [3.05, 3.63) is 18.2 Å². The summed E-state index contributed by atoms with van der Waals surface area (Å²) < 4.78 is 36.3. The number of hydrogen-bond donors (Lipinski definition) is 1. The van der Waals surface area contributed by atoms with E-state index in [0.717, 1.165) is 0 Å². The summed E-state index contributed by atoms with van der Waals surface area (Å²) in [5, 5.41) is 0. The van der Waals surface area contributed by atoms with E-state index in [1.165, 1.54) is 0 Å². The van der Waals surface area contributed by atoms with Crippen molar-refractivity contribution in [3.8, 4) is 11.5 Å². The first kappa shape index (κ1) is 12.0. The molecule has 0 saturated carbocycles. The number of ether oxygens (including phenoxy) is 2. The van der Waals surface area contributed by atoms with Crippen molar-refractivity contribution < 1.29 is 17.9 Å². The van der Waals surface area contributed by atoms with Crippen LogP contribution in [0.5, 0.6) is 11.5 Å². The van der Waals surface area contributed by atoms with E-state index >= 15 is 0 Å². The van der Waals surface area contributed by atoms with Crippen LogP contribution in [0, 0.1) is 0 Å². The summed E-state index contributed by atoms with van der Waals surface area (Å²) in [4.78, 5) is 0. The van der Waals surface area contributed by atoms with E-state index in [4.69, 9.17) is 9.47 Å². The maximum Gasteiger partial charge on any atom is 0.246 e. The van der Waals surface area contributed by atoms with Crippen LogP contribution in [0.3, 0.4) is 0 Å². The molecule has 0 atom stereocenters. The highest BCUT2D eigenvalue weighted by Crippen LogP contribution is 2.40. The van der Waals surface area contributed by atoms with Crippen molar-refractivity contribution in [1.29, 1.82) is 0 Å². The van der Waals surface area contributed by atoms with Crippen molar-refractivity contribution >= 4 is 15.7 Å². The van der Waals surface area contributed by atoms with Gasteiger partial charge in [-0.15, -0.1) is 0 Å². The highest BCUT2D eigenvalue weighted by atomic mass is 32.2. The number of hydrogen-bond acceptors (Lipinski definition) is 4. The molecule has 0 amide bonds. The summed E-state index contributed by atoms with van der Waals surface area (Å²) in [7, 11) is -3.27. The van der Waals surface area contributed by atoms with Gasteiger partial charge in [-0.05, 0) is 19.1 Å². The van der Waals surface area contributed by atoms with Crippen LogP contribution in [0.15, 0.2) is 18.2 Å². The molecule has 2 rings (SSSR count). The van der Waals surface area contributed by atoms with E-state index in [1.807, 2.05) is 0 Å². The summed E-state index contributed by atoms with van der Waals surface area (Å²) in [6, 6.07) is 4.96. The average Bonchev–Trinajstić information content (AvgIpc) is 2.50. The Bertz CT molecular complexity index is 536. The predicted molar refractivity (Wildman–Crippen MR) is 64.9 cm³/mol. The minimum atomic E-state index is -3.27. The third-order valence-corrected chi connectivity index (χ3v) is 3.62. The second-order valence-electron chi connectivity index (χ2n) is 4.27.